The highest BCUT2D eigenvalue weighted by Crippen LogP contribution is 2.19. The fourth-order valence-corrected chi connectivity index (χ4v) is 2.06. The van der Waals surface area contributed by atoms with Crippen molar-refractivity contribution in [1.82, 2.24) is 10.3 Å². The zero-order valence-electron chi connectivity index (χ0n) is 9.18. The number of nitrogens with zero attached hydrogens (tertiary/aromatic N) is 2. The van der Waals surface area contributed by atoms with E-state index in [0.717, 1.165) is 0 Å². The molecule has 0 aromatic heterocycles. The summed E-state index contributed by atoms with van der Waals surface area (Å²) in [4.78, 5) is 35.2. The summed E-state index contributed by atoms with van der Waals surface area (Å²) in [5, 5.41) is 12.7. The van der Waals surface area contributed by atoms with Crippen LogP contribution >= 0.6 is 0 Å². The third-order valence-electron chi connectivity index (χ3n) is 2.95. The van der Waals surface area contributed by atoms with Crippen molar-refractivity contribution in [2.45, 2.75) is 31.7 Å². The van der Waals surface area contributed by atoms with Crippen molar-refractivity contribution in [2.24, 2.45) is 5.10 Å². The first-order valence-corrected chi connectivity index (χ1v) is 5.49. The van der Waals surface area contributed by atoms with Crippen molar-refractivity contribution in [1.29, 1.82) is 0 Å². The number of likely N-dealkylation sites (tertiary alicyclic amines) is 1. The number of carboxylic acids is 1. The molecule has 2 rings (SSSR count). The Bertz CT molecular complexity index is 404. The van der Waals surface area contributed by atoms with Gasteiger partial charge >= 0.3 is 5.97 Å². The smallest absolute Gasteiger partial charge is 0.326 e. The number of amides is 2. The minimum Gasteiger partial charge on any atom is -0.480 e. The van der Waals surface area contributed by atoms with E-state index >= 15 is 0 Å². The van der Waals surface area contributed by atoms with E-state index in [0.29, 0.717) is 19.4 Å². The Labute approximate surface area is 97.5 Å². The summed E-state index contributed by atoms with van der Waals surface area (Å²) < 4.78 is 0. The van der Waals surface area contributed by atoms with Crippen LogP contribution in [0.1, 0.15) is 25.7 Å². The van der Waals surface area contributed by atoms with Crippen LogP contribution in [0.15, 0.2) is 5.10 Å². The van der Waals surface area contributed by atoms with Crippen LogP contribution in [0.3, 0.4) is 0 Å². The molecule has 0 bridgehead atoms. The molecule has 1 saturated heterocycles. The second-order valence-electron chi connectivity index (χ2n) is 4.09. The summed E-state index contributed by atoms with van der Waals surface area (Å²) in [6.45, 7) is 0.433. The third-order valence-corrected chi connectivity index (χ3v) is 2.95. The number of hydrazone groups is 1. The van der Waals surface area contributed by atoms with Gasteiger partial charge in [-0.3, -0.25) is 9.59 Å². The second kappa shape index (κ2) is 4.52. The van der Waals surface area contributed by atoms with Gasteiger partial charge in [-0.05, 0) is 12.8 Å². The number of hydrogen-bond acceptors (Lipinski definition) is 4. The van der Waals surface area contributed by atoms with Gasteiger partial charge in [0.25, 0.3) is 5.91 Å². The number of carboxylic acid groups (broad SMARTS) is 1. The zero-order chi connectivity index (χ0) is 12.4. The Morgan fingerprint density at radius 3 is 2.76 bits per heavy atom. The summed E-state index contributed by atoms with van der Waals surface area (Å²) in [5.74, 6) is -1.59. The molecule has 2 amide bonds. The van der Waals surface area contributed by atoms with Crippen molar-refractivity contribution in [3.8, 4) is 0 Å². The Kier molecular flexibility index (Phi) is 3.08. The Morgan fingerprint density at radius 1 is 1.41 bits per heavy atom. The molecule has 1 fully saturated rings. The number of nitrogens with one attached hydrogen (secondary N) is 1. The third kappa shape index (κ3) is 2.27. The molecular formula is C10H13N3O4. The maximum absolute atomic E-state index is 12.0. The molecule has 0 spiro atoms. The van der Waals surface area contributed by atoms with E-state index in [1.54, 1.807) is 0 Å². The summed E-state index contributed by atoms with van der Waals surface area (Å²) in [5.41, 5.74) is 2.47. The molecule has 0 aliphatic carbocycles. The topological polar surface area (TPSA) is 99.1 Å². The maximum Gasteiger partial charge on any atom is 0.326 e. The number of carbonyl (C=O) groups is 3. The highest BCUT2D eigenvalue weighted by Gasteiger charge is 2.36. The largest absolute Gasteiger partial charge is 0.480 e. The van der Waals surface area contributed by atoms with Crippen LogP contribution in [0.5, 0.6) is 0 Å². The number of hydrogen-bond donors (Lipinski definition) is 2. The van der Waals surface area contributed by atoms with Crippen LogP contribution in [0.25, 0.3) is 0 Å². The fraction of sp³-hybridized carbons (Fsp3) is 0.600. The molecule has 92 valence electrons. The normalized spacial score (nSPS) is 24.2. The van der Waals surface area contributed by atoms with E-state index in [1.807, 2.05) is 0 Å². The van der Waals surface area contributed by atoms with Crippen molar-refractivity contribution in [2.75, 3.05) is 6.54 Å². The Balaban J connectivity index is 2.09. The van der Waals surface area contributed by atoms with Gasteiger partial charge in [0.1, 0.15) is 11.8 Å². The summed E-state index contributed by atoms with van der Waals surface area (Å²) >= 11 is 0. The average molecular weight is 239 g/mol. The van der Waals surface area contributed by atoms with Crippen LogP contribution in [0.4, 0.5) is 0 Å². The first-order valence-electron chi connectivity index (χ1n) is 5.49. The second-order valence-corrected chi connectivity index (χ2v) is 4.09. The van der Waals surface area contributed by atoms with Gasteiger partial charge in [-0.2, -0.15) is 5.10 Å². The van der Waals surface area contributed by atoms with E-state index in [1.165, 1.54) is 4.90 Å². The molecule has 0 aromatic carbocycles. The molecule has 7 nitrogen and oxygen atoms in total. The Hall–Kier alpha value is -1.92. The molecular weight excluding hydrogens is 226 g/mol. The van der Waals surface area contributed by atoms with Crippen molar-refractivity contribution in [3.63, 3.8) is 0 Å². The predicted octanol–water partition coefficient (Wildman–Crippen LogP) is -0.672. The van der Waals surface area contributed by atoms with E-state index in [-0.39, 0.29) is 30.4 Å². The molecule has 2 heterocycles. The first kappa shape index (κ1) is 11.6. The Morgan fingerprint density at radius 2 is 2.18 bits per heavy atom. The van der Waals surface area contributed by atoms with Gasteiger partial charge < -0.3 is 10.0 Å². The van der Waals surface area contributed by atoms with Crippen LogP contribution in [0, 0.1) is 0 Å². The van der Waals surface area contributed by atoms with E-state index < -0.39 is 12.0 Å². The molecule has 0 radical (unpaired) electrons. The van der Waals surface area contributed by atoms with Crippen molar-refractivity contribution in [3.05, 3.63) is 0 Å². The van der Waals surface area contributed by atoms with Gasteiger partial charge in [-0.15, -0.1) is 0 Å². The molecule has 2 aliphatic heterocycles. The molecule has 0 aromatic rings. The van der Waals surface area contributed by atoms with E-state index in [4.69, 9.17) is 5.11 Å². The standard InChI is InChI=1S/C10H13N3O4/c14-8-4-3-6(11-12-8)9(15)13-5-1-2-7(13)10(16)17/h7H,1-5H2,(H,12,14)(H,16,17)/t7-/m1/s1. The number of rotatable bonds is 2. The van der Waals surface area contributed by atoms with Gasteiger partial charge in [-0.1, -0.05) is 0 Å². The van der Waals surface area contributed by atoms with Gasteiger partial charge in [0.05, 0.1) is 0 Å². The lowest BCUT2D eigenvalue weighted by Crippen LogP contribution is -2.45. The van der Waals surface area contributed by atoms with E-state index in [9.17, 15) is 14.4 Å². The lowest BCUT2D eigenvalue weighted by atomic mass is 10.1. The molecule has 2 N–H and O–H groups in total. The molecule has 1 atom stereocenters. The number of carbonyl (C=O) groups excluding carboxylic acids is 2. The SMILES string of the molecule is O=C1CCC(C(=O)N2CCC[C@@H]2C(=O)O)=NN1. The van der Waals surface area contributed by atoms with Crippen LogP contribution in [-0.2, 0) is 14.4 Å². The van der Waals surface area contributed by atoms with Crippen molar-refractivity contribution < 1.29 is 19.5 Å². The maximum atomic E-state index is 12.0. The molecule has 0 saturated carbocycles. The van der Waals surface area contributed by atoms with Crippen molar-refractivity contribution >= 4 is 23.5 Å². The van der Waals surface area contributed by atoms with Gasteiger partial charge in [0.15, 0.2) is 0 Å². The minimum absolute atomic E-state index is 0.218. The summed E-state index contributed by atoms with van der Waals surface area (Å²) in [6, 6.07) is -0.761. The highest BCUT2D eigenvalue weighted by atomic mass is 16.4. The highest BCUT2D eigenvalue weighted by molar-refractivity contribution is 6.39. The molecule has 7 heteroatoms. The summed E-state index contributed by atoms with van der Waals surface area (Å²) in [7, 11) is 0. The van der Waals surface area contributed by atoms with E-state index in [2.05, 4.69) is 10.5 Å². The molecule has 0 unspecified atom stereocenters. The van der Waals surface area contributed by atoms with Crippen LogP contribution < -0.4 is 5.43 Å². The fourth-order valence-electron chi connectivity index (χ4n) is 2.06. The van der Waals surface area contributed by atoms with Gasteiger partial charge in [-0.25, -0.2) is 10.2 Å². The average Bonchev–Trinajstić information content (AvgIpc) is 2.78. The lowest BCUT2D eigenvalue weighted by Gasteiger charge is -2.23. The zero-order valence-corrected chi connectivity index (χ0v) is 9.18. The lowest BCUT2D eigenvalue weighted by molar-refractivity contribution is -0.146. The van der Waals surface area contributed by atoms with Gasteiger partial charge in [0.2, 0.25) is 5.91 Å². The van der Waals surface area contributed by atoms with Gasteiger partial charge in [0, 0.05) is 19.4 Å². The monoisotopic (exact) mass is 239 g/mol. The first-order chi connectivity index (χ1) is 8.09. The number of aliphatic carboxylic acids is 1. The molecule has 2 aliphatic rings. The molecule has 17 heavy (non-hydrogen) atoms. The summed E-state index contributed by atoms with van der Waals surface area (Å²) in [6.07, 6.45) is 1.65. The minimum atomic E-state index is -0.990. The van der Waals surface area contributed by atoms with Crippen LogP contribution in [-0.4, -0.2) is 46.1 Å². The predicted molar refractivity (Wildman–Crippen MR) is 57.2 cm³/mol. The van der Waals surface area contributed by atoms with Crippen LogP contribution in [0.2, 0.25) is 0 Å². The quantitative estimate of drug-likeness (QED) is 0.667.